The van der Waals surface area contributed by atoms with E-state index in [2.05, 4.69) is 4.98 Å². The quantitative estimate of drug-likeness (QED) is 0.767. The van der Waals surface area contributed by atoms with Gasteiger partial charge in [0.2, 0.25) is 0 Å². The largest absolute Gasteiger partial charge is 0.388 e. The van der Waals surface area contributed by atoms with Gasteiger partial charge in [-0.25, -0.2) is 0 Å². The minimum Gasteiger partial charge on any atom is -0.388 e. The van der Waals surface area contributed by atoms with Crippen molar-refractivity contribution in [1.82, 2.24) is 9.88 Å². The van der Waals surface area contributed by atoms with Crippen LogP contribution in [0.2, 0.25) is 0 Å². The van der Waals surface area contributed by atoms with Crippen molar-refractivity contribution in [3.8, 4) is 0 Å². The Balaban J connectivity index is 2.12. The molecule has 1 aromatic rings. The molecule has 0 saturated carbocycles. The summed E-state index contributed by atoms with van der Waals surface area (Å²) in [6.07, 6.45) is 2.22. The van der Waals surface area contributed by atoms with Gasteiger partial charge in [-0.05, 0) is 32.4 Å². The lowest BCUT2D eigenvalue weighted by atomic mass is 10.1. The molecule has 1 aliphatic rings. The number of hydrogen-bond acceptors (Lipinski definition) is 3. The second-order valence-corrected chi connectivity index (χ2v) is 4.66. The number of rotatable bonds is 1. The minimum atomic E-state index is -0.742. The van der Waals surface area contributed by atoms with Crippen molar-refractivity contribution in [3.63, 3.8) is 0 Å². The first-order valence-electron chi connectivity index (χ1n) is 5.42. The van der Waals surface area contributed by atoms with Gasteiger partial charge in [-0.2, -0.15) is 0 Å². The van der Waals surface area contributed by atoms with E-state index < -0.39 is 5.60 Å². The Hall–Kier alpha value is -1.42. The number of hydrogen-bond donors (Lipinski definition) is 1. The van der Waals surface area contributed by atoms with Crippen molar-refractivity contribution in [3.05, 3.63) is 29.6 Å². The van der Waals surface area contributed by atoms with E-state index in [-0.39, 0.29) is 5.91 Å². The number of amides is 1. The van der Waals surface area contributed by atoms with E-state index >= 15 is 0 Å². The van der Waals surface area contributed by atoms with Crippen LogP contribution in [0, 0.1) is 6.92 Å². The van der Waals surface area contributed by atoms with Crippen molar-refractivity contribution in [2.75, 3.05) is 13.1 Å². The number of carbonyl (C=O) groups is 1. The fourth-order valence-electron chi connectivity index (χ4n) is 1.90. The topological polar surface area (TPSA) is 53.4 Å². The molecule has 1 atom stereocenters. The molecule has 0 spiro atoms. The third-order valence-corrected chi connectivity index (χ3v) is 2.90. The zero-order valence-electron chi connectivity index (χ0n) is 9.60. The lowest BCUT2D eigenvalue weighted by Gasteiger charge is -2.18. The predicted octanol–water partition coefficient (Wildman–Crippen LogP) is 0.987. The fourth-order valence-corrected chi connectivity index (χ4v) is 1.90. The van der Waals surface area contributed by atoms with E-state index in [1.54, 1.807) is 24.1 Å². The van der Waals surface area contributed by atoms with Crippen molar-refractivity contribution >= 4 is 5.91 Å². The summed E-state index contributed by atoms with van der Waals surface area (Å²) in [5.74, 6) is -0.0507. The first-order valence-corrected chi connectivity index (χ1v) is 5.42. The van der Waals surface area contributed by atoms with E-state index in [4.69, 9.17) is 0 Å². The highest BCUT2D eigenvalue weighted by Crippen LogP contribution is 2.21. The summed E-state index contributed by atoms with van der Waals surface area (Å²) >= 11 is 0. The van der Waals surface area contributed by atoms with Crippen molar-refractivity contribution in [2.45, 2.75) is 25.9 Å². The number of aromatic nitrogens is 1. The normalized spacial score (nSPS) is 24.8. The lowest BCUT2D eigenvalue weighted by molar-refractivity contribution is 0.0572. The van der Waals surface area contributed by atoms with E-state index in [9.17, 15) is 9.90 Å². The van der Waals surface area contributed by atoms with Gasteiger partial charge < -0.3 is 10.0 Å². The molecule has 4 nitrogen and oxygen atoms in total. The molecule has 0 bridgehead atoms. The molecule has 2 heterocycles. The molecule has 1 amide bonds. The zero-order valence-corrected chi connectivity index (χ0v) is 9.60. The number of aryl methyl sites for hydroxylation is 1. The van der Waals surface area contributed by atoms with Gasteiger partial charge in [0.1, 0.15) is 0 Å². The zero-order chi connectivity index (χ0) is 11.8. The van der Waals surface area contributed by atoms with Crippen LogP contribution in [0.25, 0.3) is 0 Å². The van der Waals surface area contributed by atoms with Gasteiger partial charge in [-0.1, -0.05) is 0 Å². The van der Waals surface area contributed by atoms with Crippen LogP contribution in [0.4, 0.5) is 0 Å². The molecule has 16 heavy (non-hydrogen) atoms. The maximum Gasteiger partial charge on any atom is 0.255 e. The smallest absolute Gasteiger partial charge is 0.255 e. The minimum absolute atomic E-state index is 0.0507. The summed E-state index contributed by atoms with van der Waals surface area (Å²) in [7, 11) is 0. The summed E-state index contributed by atoms with van der Waals surface area (Å²) < 4.78 is 0. The van der Waals surface area contributed by atoms with Crippen LogP contribution in [0.1, 0.15) is 29.4 Å². The Bertz CT molecular complexity index is 398. The molecular formula is C12H16N2O2. The van der Waals surface area contributed by atoms with Gasteiger partial charge >= 0.3 is 0 Å². The van der Waals surface area contributed by atoms with Crippen molar-refractivity contribution in [1.29, 1.82) is 0 Å². The lowest BCUT2D eigenvalue weighted by Crippen LogP contribution is -2.33. The van der Waals surface area contributed by atoms with Crippen LogP contribution in [0.3, 0.4) is 0 Å². The van der Waals surface area contributed by atoms with Crippen LogP contribution in [0.5, 0.6) is 0 Å². The van der Waals surface area contributed by atoms with Gasteiger partial charge in [0.15, 0.2) is 0 Å². The van der Waals surface area contributed by atoms with E-state index in [1.165, 1.54) is 0 Å². The average Bonchev–Trinajstić information content (AvgIpc) is 2.59. The van der Waals surface area contributed by atoms with Crippen LogP contribution in [-0.2, 0) is 0 Å². The van der Waals surface area contributed by atoms with E-state index in [0.29, 0.717) is 25.1 Å². The standard InChI is InChI=1S/C12H16N2O2/c1-9-3-4-10(7-13-9)11(15)14-6-5-12(2,16)8-14/h3-4,7,16H,5-6,8H2,1-2H3. The highest BCUT2D eigenvalue weighted by atomic mass is 16.3. The first-order chi connectivity index (χ1) is 7.48. The monoisotopic (exact) mass is 220 g/mol. The van der Waals surface area contributed by atoms with Gasteiger partial charge in [-0.15, -0.1) is 0 Å². The fraction of sp³-hybridized carbons (Fsp3) is 0.500. The Morgan fingerprint density at radius 2 is 2.31 bits per heavy atom. The number of aliphatic hydroxyl groups is 1. The Kier molecular flexibility index (Phi) is 2.68. The predicted molar refractivity (Wildman–Crippen MR) is 60.1 cm³/mol. The summed E-state index contributed by atoms with van der Waals surface area (Å²) in [4.78, 5) is 17.8. The molecular weight excluding hydrogens is 204 g/mol. The van der Waals surface area contributed by atoms with Crippen LogP contribution in [0.15, 0.2) is 18.3 Å². The van der Waals surface area contributed by atoms with Gasteiger partial charge in [0, 0.05) is 25.0 Å². The second-order valence-electron chi connectivity index (χ2n) is 4.66. The number of likely N-dealkylation sites (tertiary alicyclic amines) is 1. The number of carbonyl (C=O) groups excluding carboxylic acids is 1. The van der Waals surface area contributed by atoms with Crippen LogP contribution >= 0.6 is 0 Å². The van der Waals surface area contributed by atoms with Crippen molar-refractivity contribution in [2.24, 2.45) is 0 Å². The van der Waals surface area contributed by atoms with Gasteiger partial charge in [0.25, 0.3) is 5.91 Å². The third-order valence-electron chi connectivity index (χ3n) is 2.90. The summed E-state index contributed by atoms with van der Waals surface area (Å²) in [6, 6.07) is 3.60. The molecule has 4 heteroatoms. The molecule has 0 aliphatic carbocycles. The number of β-amino-alcohol motifs (C(OH)–C–C–N with tert-alkyl or cyclic N) is 1. The molecule has 1 fully saturated rings. The van der Waals surface area contributed by atoms with E-state index in [1.807, 2.05) is 13.0 Å². The summed E-state index contributed by atoms with van der Waals surface area (Å²) in [5, 5.41) is 9.80. The average molecular weight is 220 g/mol. The molecule has 0 aromatic carbocycles. The van der Waals surface area contributed by atoms with Crippen molar-refractivity contribution < 1.29 is 9.90 Å². The summed E-state index contributed by atoms with van der Waals surface area (Å²) in [6.45, 7) is 4.65. The molecule has 1 unspecified atom stereocenters. The SMILES string of the molecule is Cc1ccc(C(=O)N2CCC(C)(O)C2)cn1. The van der Waals surface area contributed by atoms with Crippen LogP contribution < -0.4 is 0 Å². The molecule has 86 valence electrons. The Morgan fingerprint density at radius 3 is 2.81 bits per heavy atom. The maximum absolute atomic E-state index is 12.0. The highest BCUT2D eigenvalue weighted by molar-refractivity contribution is 5.94. The van der Waals surface area contributed by atoms with E-state index in [0.717, 1.165) is 5.69 Å². The molecule has 1 N–H and O–H groups in total. The van der Waals surface area contributed by atoms with Gasteiger partial charge in [-0.3, -0.25) is 9.78 Å². The maximum atomic E-state index is 12.0. The third kappa shape index (κ3) is 2.22. The number of pyridine rings is 1. The second kappa shape index (κ2) is 3.87. The first kappa shape index (κ1) is 11.1. The van der Waals surface area contributed by atoms with Gasteiger partial charge in [0.05, 0.1) is 11.2 Å². The Labute approximate surface area is 94.9 Å². The van der Waals surface area contributed by atoms with Crippen LogP contribution in [-0.4, -0.2) is 39.6 Å². The highest BCUT2D eigenvalue weighted by Gasteiger charge is 2.34. The molecule has 1 aromatic heterocycles. The molecule has 1 saturated heterocycles. The molecule has 1 aliphatic heterocycles. The molecule has 2 rings (SSSR count). The summed E-state index contributed by atoms with van der Waals surface area (Å²) in [5.41, 5.74) is 0.738. The Morgan fingerprint density at radius 1 is 1.56 bits per heavy atom. The number of nitrogens with zero attached hydrogens (tertiary/aromatic N) is 2. The molecule has 0 radical (unpaired) electrons.